The molecule has 11 heavy (non-hydrogen) atoms. The molecule has 5 heteroatoms. The molecule has 0 spiro atoms. The fourth-order valence-electron chi connectivity index (χ4n) is 0.556. The van der Waals surface area contributed by atoms with Crippen molar-refractivity contribution in [2.45, 2.75) is 25.3 Å². The van der Waals surface area contributed by atoms with Gasteiger partial charge in [0.2, 0.25) is 0 Å². The maximum atomic E-state index is 8.92. The smallest absolute Gasteiger partial charge is 0.105 e. The number of nitrogens with two attached hydrogens (primary N) is 1. The van der Waals surface area contributed by atoms with Crippen LogP contribution in [0.1, 0.15) is 6.92 Å². The topological polar surface area (TPSA) is 98.7 Å². The highest BCUT2D eigenvalue weighted by atomic mass is 16.3. The Morgan fingerprint density at radius 1 is 1.45 bits per heavy atom. The Labute approximate surface area is 65.8 Å². The van der Waals surface area contributed by atoms with Crippen molar-refractivity contribution in [1.82, 2.24) is 5.32 Å². The van der Waals surface area contributed by atoms with Gasteiger partial charge < -0.3 is 21.1 Å². The third-order valence-electron chi connectivity index (χ3n) is 1.25. The number of hydrogen-bond acceptors (Lipinski definition) is 5. The van der Waals surface area contributed by atoms with Crippen LogP contribution < -0.4 is 11.1 Å². The van der Waals surface area contributed by atoms with Crippen LogP contribution >= 0.6 is 0 Å². The van der Waals surface area contributed by atoms with E-state index < -0.39 is 18.4 Å². The zero-order valence-corrected chi connectivity index (χ0v) is 6.57. The Balaban J connectivity index is 3.43. The molecule has 0 aromatic heterocycles. The van der Waals surface area contributed by atoms with Gasteiger partial charge in [-0.3, -0.25) is 5.32 Å². The molecule has 0 radical (unpaired) electrons. The highest BCUT2D eigenvalue weighted by molar-refractivity contribution is 4.69. The molecule has 0 amide bonds. The SMILES string of the molecule is CC(O)CNC(N)C(O)CO. The first-order valence-electron chi connectivity index (χ1n) is 3.54. The second-order valence-corrected chi connectivity index (χ2v) is 2.53. The molecule has 0 heterocycles. The van der Waals surface area contributed by atoms with Crippen molar-refractivity contribution < 1.29 is 15.3 Å². The normalized spacial score (nSPS) is 19.4. The van der Waals surface area contributed by atoms with E-state index in [-0.39, 0.29) is 6.61 Å². The fourth-order valence-corrected chi connectivity index (χ4v) is 0.556. The zero-order valence-electron chi connectivity index (χ0n) is 6.57. The van der Waals surface area contributed by atoms with Gasteiger partial charge in [-0.15, -0.1) is 0 Å². The molecular formula is C6H16N2O3. The van der Waals surface area contributed by atoms with Crippen molar-refractivity contribution in [3.05, 3.63) is 0 Å². The fraction of sp³-hybridized carbons (Fsp3) is 1.00. The molecule has 0 saturated carbocycles. The van der Waals surface area contributed by atoms with Crippen molar-refractivity contribution in [3.63, 3.8) is 0 Å². The minimum atomic E-state index is -0.978. The van der Waals surface area contributed by atoms with Crippen molar-refractivity contribution in [3.8, 4) is 0 Å². The molecule has 0 aliphatic rings. The third-order valence-corrected chi connectivity index (χ3v) is 1.25. The van der Waals surface area contributed by atoms with E-state index in [1.165, 1.54) is 0 Å². The number of aliphatic hydroxyl groups is 3. The summed E-state index contributed by atoms with van der Waals surface area (Å²) in [6.07, 6.45) is -2.17. The van der Waals surface area contributed by atoms with Crippen molar-refractivity contribution in [1.29, 1.82) is 0 Å². The summed E-state index contributed by atoms with van der Waals surface area (Å²) >= 11 is 0. The summed E-state index contributed by atoms with van der Waals surface area (Å²) < 4.78 is 0. The van der Waals surface area contributed by atoms with E-state index in [1.807, 2.05) is 0 Å². The van der Waals surface area contributed by atoms with Crippen LogP contribution in [0, 0.1) is 0 Å². The predicted molar refractivity (Wildman–Crippen MR) is 40.8 cm³/mol. The molecular weight excluding hydrogens is 148 g/mol. The average Bonchev–Trinajstić information content (AvgIpc) is 1.98. The Bertz CT molecular complexity index is 99.8. The van der Waals surface area contributed by atoms with Gasteiger partial charge in [-0.05, 0) is 6.92 Å². The molecule has 68 valence electrons. The third kappa shape index (κ3) is 5.11. The predicted octanol–water partition coefficient (Wildman–Crippen LogP) is -2.41. The van der Waals surface area contributed by atoms with Crippen molar-refractivity contribution in [2.24, 2.45) is 5.73 Å². The summed E-state index contributed by atoms with van der Waals surface area (Å²) in [7, 11) is 0. The lowest BCUT2D eigenvalue weighted by atomic mass is 10.3. The summed E-state index contributed by atoms with van der Waals surface area (Å²) in [5.74, 6) is 0. The lowest BCUT2D eigenvalue weighted by molar-refractivity contribution is 0.0596. The van der Waals surface area contributed by atoms with Gasteiger partial charge >= 0.3 is 0 Å². The summed E-state index contributed by atoms with van der Waals surface area (Å²) in [6, 6.07) is 0. The van der Waals surface area contributed by atoms with Crippen LogP contribution in [0.3, 0.4) is 0 Å². The summed E-state index contributed by atoms with van der Waals surface area (Å²) in [5, 5.41) is 28.8. The van der Waals surface area contributed by atoms with E-state index in [0.717, 1.165) is 0 Å². The first-order chi connectivity index (χ1) is 5.07. The van der Waals surface area contributed by atoms with E-state index >= 15 is 0 Å². The monoisotopic (exact) mass is 164 g/mol. The Morgan fingerprint density at radius 3 is 2.36 bits per heavy atom. The molecule has 0 aliphatic carbocycles. The molecule has 3 atom stereocenters. The van der Waals surface area contributed by atoms with Gasteiger partial charge in [-0.2, -0.15) is 0 Å². The highest BCUT2D eigenvalue weighted by Crippen LogP contribution is 1.85. The van der Waals surface area contributed by atoms with Crippen LogP contribution in [-0.4, -0.2) is 46.8 Å². The van der Waals surface area contributed by atoms with E-state index in [0.29, 0.717) is 6.54 Å². The molecule has 0 aliphatic heterocycles. The van der Waals surface area contributed by atoms with E-state index in [2.05, 4.69) is 5.32 Å². The first kappa shape index (κ1) is 10.8. The second-order valence-electron chi connectivity index (χ2n) is 2.53. The Kier molecular flexibility index (Phi) is 5.35. The molecule has 0 bridgehead atoms. The second kappa shape index (κ2) is 5.45. The largest absolute Gasteiger partial charge is 0.394 e. The van der Waals surface area contributed by atoms with E-state index in [4.69, 9.17) is 21.1 Å². The molecule has 0 aromatic carbocycles. The molecule has 0 fully saturated rings. The van der Waals surface area contributed by atoms with Gasteiger partial charge in [0.1, 0.15) is 6.10 Å². The summed E-state index contributed by atoms with van der Waals surface area (Å²) in [4.78, 5) is 0. The number of hydrogen-bond donors (Lipinski definition) is 5. The summed E-state index contributed by atoms with van der Waals surface area (Å²) in [6.45, 7) is 1.53. The van der Waals surface area contributed by atoms with Crippen LogP contribution in [0.15, 0.2) is 0 Å². The van der Waals surface area contributed by atoms with Crippen molar-refractivity contribution in [2.75, 3.05) is 13.2 Å². The Hall–Kier alpha value is -0.200. The molecule has 3 unspecified atom stereocenters. The quantitative estimate of drug-likeness (QED) is 0.292. The maximum absolute atomic E-state index is 8.92. The maximum Gasteiger partial charge on any atom is 0.105 e. The zero-order chi connectivity index (χ0) is 8.85. The van der Waals surface area contributed by atoms with Gasteiger partial charge in [0, 0.05) is 6.54 Å². The molecule has 6 N–H and O–H groups in total. The van der Waals surface area contributed by atoms with Crippen LogP contribution in [-0.2, 0) is 0 Å². The molecule has 5 nitrogen and oxygen atoms in total. The van der Waals surface area contributed by atoms with Gasteiger partial charge in [0.05, 0.1) is 18.9 Å². The minimum Gasteiger partial charge on any atom is -0.394 e. The van der Waals surface area contributed by atoms with Gasteiger partial charge in [-0.1, -0.05) is 0 Å². The summed E-state index contributed by atoms with van der Waals surface area (Å²) in [5.41, 5.74) is 5.34. The highest BCUT2D eigenvalue weighted by Gasteiger charge is 2.12. The number of aliphatic hydroxyl groups excluding tert-OH is 3. The minimum absolute atomic E-state index is 0.304. The lowest BCUT2D eigenvalue weighted by Crippen LogP contribution is -2.50. The van der Waals surface area contributed by atoms with Gasteiger partial charge in [0.25, 0.3) is 0 Å². The average molecular weight is 164 g/mol. The first-order valence-corrected chi connectivity index (χ1v) is 3.54. The molecule has 0 aromatic rings. The number of rotatable bonds is 5. The molecule has 0 saturated heterocycles. The van der Waals surface area contributed by atoms with Crippen LogP contribution in [0.5, 0.6) is 0 Å². The van der Waals surface area contributed by atoms with Crippen LogP contribution in [0.4, 0.5) is 0 Å². The van der Waals surface area contributed by atoms with Gasteiger partial charge in [0.15, 0.2) is 0 Å². The van der Waals surface area contributed by atoms with Gasteiger partial charge in [-0.25, -0.2) is 0 Å². The standard InChI is InChI=1S/C6H16N2O3/c1-4(10)2-8-6(7)5(11)3-9/h4-6,8-11H,2-3,7H2,1H3. The van der Waals surface area contributed by atoms with Crippen molar-refractivity contribution >= 4 is 0 Å². The van der Waals surface area contributed by atoms with E-state index in [9.17, 15) is 0 Å². The van der Waals surface area contributed by atoms with Crippen LogP contribution in [0.25, 0.3) is 0 Å². The Morgan fingerprint density at radius 2 is 2.00 bits per heavy atom. The number of nitrogens with one attached hydrogen (secondary N) is 1. The van der Waals surface area contributed by atoms with E-state index in [1.54, 1.807) is 6.92 Å². The van der Waals surface area contributed by atoms with Crippen LogP contribution in [0.2, 0.25) is 0 Å². The lowest BCUT2D eigenvalue weighted by Gasteiger charge is -2.18. The molecule has 0 rings (SSSR count).